The van der Waals surface area contributed by atoms with Crippen molar-refractivity contribution in [3.8, 4) is 0 Å². The minimum Gasteiger partial charge on any atom is -0.365 e. The van der Waals surface area contributed by atoms with Gasteiger partial charge in [0, 0.05) is 46.0 Å². The van der Waals surface area contributed by atoms with Crippen molar-refractivity contribution in [3.63, 3.8) is 0 Å². The molecule has 2 aliphatic rings. The Balaban J connectivity index is 1.27. The van der Waals surface area contributed by atoms with Gasteiger partial charge >= 0.3 is 0 Å². The Kier molecular flexibility index (Phi) is 5.01. The third kappa shape index (κ3) is 3.46. The van der Waals surface area contributed by atoms with Crippen molar-refractivity contribution in [2.75, 3.05) is 43.4 Å². The Hall–Kier alpha value is -3.53. The first-order valence-electron chi connectivity index (χ1n) is 10.6. The topological polar surface area (TPSA) is 94.9 Å². The maximum absolute atomic E-state index is 14.5. The largest absolute Gasteiger partial charge is 0.365 e. The van der Waals surface area contributed by atoms with Crippen LogP contribution in [-0.2, 0) is 11.3 Å². The lowest BCUT2D eigenvalue weighted by atomic mass is 10.0. The van der Waals surface area contributed by atoms with Gasteiger partial charge in [0.25, 0.3) is 5.91 Å². The molecule has 0 spiro atoms. The highest BCUT2D eigenvalue weighted by atomic mass is 19.1. The summed E-state index contributed by atoms with van der Waals surface area (Å²) in [5, 5.41) is 5.43. The number of hydrogen-bond acceptors (Lipinski definition) is 6. The Morgan fingerprint density at radius 2 is 2.06 bits per heavy atom. The number of rotatable bonds is 4. The van der Waals surface area contributed by atoms with Gasteiger partial charge in [0.05, 0.1) is 34.8 Å². The normalized spacial score (nSPS) is 18.7. The van der Waals surface area contributed by atoms with E-state index in [9.17, 15) is 14.0 Å². The summed E-state index contributed by atoms with van der Waals surface area (Å²) in [6, 6.07) is 5.16. The number of amides is 2. The van der Waals surface area contributed by atoms with Crippen LogP contribution in [0.4, 0.5) is 15.8 Å². The van der Waals surface area contributed by atoms with Crippen molar-refractivity contribution in [2.45, 2.75) is 19.4 Å². The maximum atomic E-state index is 14.5. The highest BCUT2D eigenvalue weighted by molar-refractivity contribution is 6.04. The molecule has 1 saturated heterocycles. The third-order valence-corrected chi connectivity index (χ3v) is 6.18. The smallest absolute Gasteiger partial charge is 0.269 e. The first-order valence-corrected chi connectivity index (χ1v) is 10.6. The second-order valence-electron chi connectivity index (χ2n) is 8.21. The molecule has 1 fully saturated rings. The number of imidazole rings is 1. The minimum absolute atomic E-state index is 0.0399. The van der Waals surface area contributed by atoms with Crippen LogP contribution in [0.15, 0.2) is 30.7 Å². The van der Waals surface area contributed by atoms with E-state index in [1.54, 1.807) is 18.5 Å². The molecule has 1 atom stereocenters. The van der Waals surface area contributed by atoms with Gasteiger partial charge in [-0.2, -0.15) is 4.39 Å². The summed E-state index contributed by atoms with van der Waals surface area (Å²) in [6.07, 6.45) is 3.80. The average molecular weight is 437 g/mol. The number of anilines is 2. The van der Waals surface area contributed by atoms with Crippen LogP contribution in [0.3, 0.4) is 0 Å². The SMILES string of the molecule is CNC(=O)c1ccc(N2CCN(Cc3cc4c5c(ncn5c3)C(C)C(=O)N4)CC2)c(F)n1. The predicted molar refractivity (Wildman–Crippen MR) is 117 cm³/mol. The van der Waals surface area contributed by atoms with E-state index in [0.29, 0.717) is 25.3 Å². The highest BCUT2D eigenvalue weighted by Crippen LogP contribution is 2.33. The molecule has 9 nitrogen and oxygen atoms in total. The van der Waals surface area contributed by atoms with Crippen LogP contribution in [0.2, 0.25) is 0 Å². The standard InChI is InChI=1S/C22H24FN7O2/c1-13-18-19-16(27-21(13)31)9-14(11-30(19)12-25-18)10-28-5-7-29(8-6-28)17-4-3-15(22(32)24-2)26-20(17)23/h3-4,9,11-13H,5-8,10H2,1-2H3,(H,24,32)(H,27,31). The number of piperazine rings is 1. The number of halogens is 1. The van der Waals surface area contributed by atoms with Gasteiger partial charge in [-0.15, -0.1) is 0 Å². The molecule has 0 bridgehead atoms. The molecule has 2 aliphatic heterocycles. The summed E-state index contributed by atoms with van der Waals surface area (Å²) in [5.74, 6) is -1.34. The second-order valence-corrected chi connectivity index (χ2v) is 8.21. The lowest BCUT2D eigenvalue weighted by molar-refractivity contribution is -0.117. The molecule has 5 rings (SSSR count). The van der Waals surface area contributed by atoms with Gasteiger partial charge in [-0.25, -0.2) is 9.97 Å². The van der Waals surface area contributed by atoms with Crippen molar-refractivity contribution in [3.05, 3.63) is 53.6 Å². The van der Waals surface area contributed by atoms with Gasteiger partial charge in [-0.1, -0.05) is 0 Å². The quantitative estimate of drug-likeness (QED) is 0.603. The summed E-state index contributed by atoms with van der Waals surface area (Å²) >= 11 is 0. The minimum atomic E-state index is -0.634. The maximum Gasteiger partial charge on any atom is 0.269 e. The number of carbonyl (C=O) groups is 2. The summed E-state index contributed by atoms with van der Waals surface area (Å²) in [5.41, 5.74) is 4.10. The van der Waals surface area contributed by atoms with Gasteiger partial charge < -0.3 is 19.9 Å². The molecule has 2 N–H and O–H groups in total. The van der Waals surface area contributed by atoms with E-state index in [0.717, 1.165) is 35.6 Å². The lowest BCUT2D eigenvalue weighted by Crippen LogP contribution is -2.46. The van der Waals surface area contributed by atoms with Gasteiger partial charge in [-0.3, -0.25) is 14.5 Å². The molecular formula is C22H24FN7O2. The van der Waals surface area contributed by atoms with E-state index < -0.39 is 11.9 Å². The van der Waals surface area contributed by atoms with Crippen LogP contribution < -0.4 is 15.5 Å². The van der Waals surface area contributed by atoms with Crippen LogP contribution in [-0.4, -0.2) is 64.3 Å². The van der Waals surface area contributed by atoms with E-state index in [4.69, 9.17) is 0 Å². The van der Waals surface area contributed by atoms with Gasteiger partial charge in [0.15, 0.2) is 0 Å². The van der Waals surface area contributed by atoms with Crippen LogP contribution in [0, 0.1) is 5.95 Å². The molecule has 5 heterocycles. The van der Waals surface area contributed by atoms with Crippen LogP contribution in [0.5, 0.6) is 0 Å². The molecule has 0 radical (unpaired) electrons. The van der Waals surface area contributed by atoms with Crippen molar-refractivity contribution < 1.29 is 14.0 Å². The number of aromatic nitrogens is 3. The Labute approximate surface area is 184 Å². The molecule has 0 aromatic carbocycles. The molecule has 0 saturated carbocycles. The van der Waals surface area contributed by atoms with Crippen LogP contribution >= 0.6 is 0 Å². The van der Waals surface area contributed by atoms with E-state index >= 15 is 0 Å². The fraction of sp³-hybridized carbons (Fsp3) is 0.364. The molecule has 2 amide bonds. The van der Waals surface area contributed by atoms with E-state index in [1.807, 2.05) is 28.5 Å². The number of hydrogen-bond donors (Lipinski definition) is 2. The van der Waals surface area contributed by atoms with Crippen molar-refractivity contribution in [1.82, 2.24) is 24.6 Å². The monoisotopic (exact) mass is 437 g/mol. The summed E-state index contributed by atoms with van der Waals surface area (Å²) in [4.78, 5) is 36.4. The summed E-state index contributed by atoms with van der Waals surface area (Å²) in [7, 11) is 1.49. The zero-order valence-electron chi connectivity index (χ0n) is 17.9. The molecule has 0 aliphatic carbocycles. The molecule has 166 valence electrons. The fourth-order valence-electron chi connectivity index (χ4n) is 4.41. The van der Waals surface area contributed by atoms with Gasteiger partial charge in [0.2, 0.25) is 11.9 Å². The van der Waals surface area contributed by atoms with Crippen molar-refractivity contribution in [1.29, 1.82) is 0 Å². The molecule has 32 heavy (non-hydrogen) atoms. The molecule has 1 unspecified atom stereocenters. The first-order chi connectivity index (χ1) is 15.4. The first kappa shape index (κ1) is 20.4. The van der Waals surface area contributed by atoms with Gasteiger partial charge in [0.1, 0.15) is 5.69 Å². The number of nitrogens with one attached hydrogen (secondary N) is 2. The zero-order chi connectivity index (χ0) is 22.4. The lowest BCUT2D eigenvalue weighted by Gasteiger charge is -2.36. The summed E-state index contributed by atoms with van der Waals surface area (Å²) in [6.45, 7) is 5.38. The number of nitrogens with zero attached hydrogens (tertiary/aromatic N) is 5. The second kappa shape index (κ2) is 7.86. The van der Waals surface area contributed by atoms with Crippen LogP contribution in [0.1, 0.15) is 34.6 Å². The Bertz CT molecular complexity index is 1220. The molecule has 3 aromatic heterocycles. The third-order valence-electron chi connectivity index (χ3n) is 6.18. The average Bonchev–Trinajstić information content (AvgIpc) is 3.22. The number of carbonyl (C=O) groups excluding carboxylic acids is 2. The van der Waals surface area contributed by atoms with Crippen LogP contribution in [0.25, 0.3) is 5.52 Å². The van der Waals surface area contributed by atoms with Gasteiger partial charge in [-0.05, 0) is 30.7 Å². The van der Waals surface area contributed by atoms with Crippen molar-refractivity contribution >= 4 is 28.7 Å². The molecular weight excluding hydrogens is 413 g/mol. The summed E-state index contributed by atoms with van der Waals surface area (Å²) < 4.78 is 16.5. The van der Waals surface area contributed by atoms with E-state index in [2.05, 4.69) is 25.5 Å². The Morgan fingerprint density at radius 3 is 2.78 bits per heavy atom. The highest BCUT2D eigenvalue weighted by Gasteiger charge is 2.28. The molecule has 3 aromatic rings. The van der Waals surface area contributed by atoms with E-state index in [-0.39, 0.29) is 17.5 Å². The Morgan fingerprint density at radius 1 is 1.28 bits per heavy atom. The number of pyridine rings is 2. The van der Waals surface area contributed by atoms with E-state index in [1.165, 1.54) is 7.05 Å². The zero-order valence-corrected chi connectivity index (χ0v) is 17.9. The molecule has 10 heteroatoms. The predicted octanol–water partition coefficient (Wildman–Crippen LogP) is 1.61. The van der Waals surface area contributed by atoms with Crippen molar-refractivity contribution in [2.24, 2.45) is 0 Å². The fourth-order valence-corrected chi connectivity index (χ4v) is 4.41.